The Labute approximate surface area is 186 Å². The van der Waals surface area contributed by atoms with E-state index in [4.69, 9.17) is 0 Å². The van der Waals surface area contributed by atoms with Crippen molar-refractivity contribution in [1.82, 2.24) is 14.3 Å². The molecule has 0 unspecified atom stereocenters. The highest BCUT2D eigenvalue weighted by atomic mass is 79.9. The monoisotopic (exact) mass is 503 g/mol. The molecule has 4 N–H and O–H groups in total. The third-order valence-electron chi connectivity index (χ3n) is 4.73. The average Bonchev–Trinajstić information content (AvgIpc) is 3.04. The van der Waals surface area contributed by atoms with Crippen molar-refractivity contribution in [1.29, 1.82) is 0 Å². The minimum Gasteiger partial charge on any atom is -0.507 e. The molecule has 0 saturated carbocycles. The lowest BCUT2D eigenvalue weighted by molar-refractivity contribution is 0.446. The van der Waals surface area contributed by atoms with E-state index >= 15 is 0 Å². The number of phenolic OH excluding ortho intramolecular Hbond substituents is 2. The van der Waals surface area contributed by atoms with Gasteiger partial charge in [0.15, 0.2) is 0 Å². The van der Waals surface area contributed by atoms with Crippen molar-refractivity contribution in [2.24, 2.45) is 0 Å². The van der Waals surface area contributed by atoms with Crippen molar-refractivity contribution in [3.05, 3.63) is 86.7 Å². The zero-order chi connectivity index (χ0) is 22.2. The molecule has 4 aromatic rings. The lowest BCUT2D eigenvalue weighted by Gasteiger charge is -2.09. The molecule has 1 heterocycles. The lowest BCUT2D eigenvalue weighted by Crippen LogP contribution is -2.24. The van der Waals surface area contributed by atoms with Crippen LogP contribution < -0.4 is 10.4 Å². The second kappa shape index (κ2) is 8.22. The van der Waals surface area contributed by atoms with Gasteiger partial charge >= 0.3 is 5.69 Å². The number of aromatic amines is 1. The third kappa shape index (κ3) is 4.50. The molecular weight excluding hydrogens is 486 g/mol. The molecule has 0 saturated heterocycles. The molecule has 160 valence electrons. The third-order valence-corrected chi connectivity index (χ3v) is 6.66. The van der Waals surface area contributed by atoms with Gasteiger partial charge in [-0.15, -0.1) is 0 Å². The minimum absolute atomic E-state index is 0.0638. The van der Waals surface area contributed by atoms with Crippen LogP contribution in [0.25, 0.3) is 16.7 Å². The van der Waals surface area contributed by atoms with E-state index < -0.39 is 15.7 Å². The van der Waals surface area contributed by atoms with Crippen molar-refractivity contribution in [3.63, 3.8) is 0 Å². The number of phenols is 2. The molecule has 4 rings (SSSR count). The number of fused-ring (bicyclic) bond motifs is 1. The van der Waals surface area contributed by atoms with Crippen molar-refractivity contribution in [3.8, 4) is 17.2 Å². The summed E-state index contributed by atoms with van der Waals surface area (Å²) < 4.78 is 28.9. The Kier molecular flexibility index (Phi) is 5.61. The summed E-state index contributed by atoms with van der Waals surface area (Å²) in [4.78, 5) is 15.2. The zero-order valence-electron chi connectivity index (χ0n) is 16.0. The number of aromatic nitrogens is 2. The van der Waals surface area contributed by atoms with Crippen molar-refractivity contribution in [2.75, 3.05) is 0 Å². The molecule has 1 aromatic heterocycles. The molecule has 31 heavy (non-hydrogen) atoms. The van der Waals surface area contributed by atoms with E-state index in [1.54, 1.807) is 42.5 Å². The summed E-state index contributed by atoms with van der Waals surface area (Å²) in [6.07, 6.45) is 0. The maximum absolute atomic E-state index is 12.5. The molecule has 0 aliphatic heterocycles. The van der Waals surface area contributed by atoms with Gasteiger partial charge in [0, 0.05) is 12.6 Å². The number of imidazole rings is 1. The summed E-state index contributed by atoms with van der Waals surface area (Å²) in [6.45, 7) is 0.0638. The lowest BCUT2D eigenvalue weighted by atomic mass is 10.2. The van der Waals surface area contributed by atoms with E-state index in [0.29, 0.717) is 26.6 Å². The summed E-state index contributed by atoms with van der Waals surface area (Å²) in [5.41, 5.74) is 2.03. The second-order valence-corrected chi connectivity index (χ2v) is 9.64. The molecule has 0 amide bonds. The van der Waals surface area contributed by atoms with Crippen LogP contribution in [0.2, 0.25) is 0 Å². The van der Waals surface area contributed by atoms with Crippen LogP contribution in [0.15, 0.2) is 69.9 Å². The molecule has 0 bridgehead atoms. The number of rotatable bonds is 6. The van der Waals surface area contributed by atoms with E-state index in [2.05, 4.69) is 25.6 Å². The number of sulfonamides is 1. The molecule has 3 aromatic carbocycles. The highest BCUT2D eigenvalue weighted by molar-refractivity contribution is 9.10. The van der Waals surface area contributed by atoms with E-state index in [1.165, 1.54) is 10.6 Å². The fourth-order valence-electron chi connectivity index (χ4n) is 3.27. The fourth-order valence-corrected chi connectivity index (χ4v) is 4.72. The van der Waals surface area contributed by atoms with E-state index in [1.807, 2.05) is 6.07 Å². The maximum atomic E-state index is 12.5. The summed E-state index contributed by atoms with van der Waals surface area (Å²) in [7, 11) is -3.54. The van der Waals surface area contributed by atoms with Gasteiger partial charge in [0.1, 0.15) is 11.5 Å². The Morgan fingerprint density at radius 1 is 0.968 bits per heavy atom. The van der Waals surface area contributed by atoms with Crippen LogP contribution in [0.5, 0.6) is 11.5 Å². The van der Waals surface area contributed by atoms with Crippen LogP contribution in [0, 0.1) is 0 Å². The first-order valence-corrected chi connectivity index (χ1v) is 11.6. The topological polar surface area (TPSA) is 124 Å². The molecule has 0 radical (unpaired) electrons. The van der Waals surface area contributed by atoms with Crippen LogP contribution in [-0.4, -0.2) is 28.2 Å². The van der Waals surface area contributed by atoms with Gasteiger partial charge in [-0.2, -0.15) is 0 Å². The summed E-state index contributed by atoms with van der Waals surface area (Å²) in [5, 5.41) is 19.9. The smallest absolute Gasteiger partial charge is 0.331 e. The molecule has 0 spiro atoms. The average molecular weight is 504 g/mol. The van der Waals surface area contributed by atoms with Crippen LogP contribution in [-0.2, 0) is 22.3 Å². The van der Waals surface area contributed by atoms with Gasteiger partial charge < -0.3 is 15.2 Å². The number of nitrogens with zero attached hydrogens (tertiary/aromatic N) is 1. The summed E-state index contributed by atoms with van der Waals surface area (Å²) in [5.74, 6) is -0.543. The van der Waals surface area contributed by atoms with Crippen LogP contribution in [0.4, 0.5) is 0 Å². The number of hydrogen-bond acceptors (Lipinski definition) is 5. The first-order chi connectivity index (χ1) is 14.7. The maximum Gasteiger partial charge on any atom is 0.331 e. The Morgan fingerprint density at radius 2 is 1.71 bits per heavy atom. The Bertz CT molecular complexity index is 1430. The van der Waals surface area contributed by atoms with Crippen LogP contribution in [0.3, 0.4) is 0 Å². The number of aromatic hydroxyl groups is 2. The Morgan fingerprint density at radius 3 is 2.45 bits per heavy atom. The van der Waals surface area contributed by atoms with Gasteiger partial charge in [0.25, 0.3) is 0 Å². The molecule has 0 aliphatic rings. The van der Waals surface area contributed by atoms with Crippen molar-refractivity contribution in [2.45, 2.75) is 12.3 Å². The van der Waals surface area contributed by atoms with E-state index in [9.17, 15) is 23.4 Å². The van der Waals surface area contributed by atoms with Crippen LogP contribution in [0.1, 0.15) is 11.1 Å². The predicted molar refractivity (Wildman–Crippen MR) is 121 cm³/mol. The highest BCUT2D eigenvalue weighted by Gasteiger charge is 2.16. The first-order valence-electron chi connectivity index (χ1n) is 9.20. The quantitative estimate of drug-likeness (QED) is 0.321. The molecule has 0 atom stereocenters. The first kappa shape index (κ1) is 21.2. The number of benzene rings is 3. The Hall–Kier alpha value is -3.08. The largest absolute Gasteiger partial charge is 0.507 e. The van der Waals surface area contributed by atoms with Gasteiger partial charge in [0.2, 0.25) is 10.0 Å². The van der Waals surface area contributed by atoms with Gasteiger partial charge in [-0.05, 0) is 45.3 Å². The van der Waals surface area contributed by atoms with Gasteiger partial charge in [-0.25, -0.2) is 17.9 Å². The predicted octanol–water partition coefficient (Wildman–Crippen LogP) is 3.11. The van der Waals surface area contributed by atoms with Crippen LogP contribution >= 0.6 is 15.9 Å². The standard InChI is InChI=1S/C21H18BrN3O5S/c22-15-9-18(20(27)10-19(15)26)25-17-7-6-14(8-16(17)24-21(25)28)11-23-31(29,30)12-13-4-2-1-3-5-13/h1-10,23,26-27H,11-12H2,(H,24,28). The Balaban J connectivity index is 1.60. The molecule has 0 aliphatic carbocycles. The molecular formula is C21H18BrN3O5S. The normalized spacial score (nSPS) is 11.8. The number of H-pyrrole nitrogens is 1. The zero-order valence-corrected chi connectivity index (χ0v) is 18.4. The number of nitrogens with one attached hydrogen (secondary N) is 2. The van der Waals surface area contributed by atoms with Gasteiger partial charge in [0.05, 0.1) is 26.9 Å². The molecule has 10 heteroatoms. The number of hydrogen-bond donors (Lipinski definition) is 4. The fraction of sp³-hybridized carbons (Fsp3) is 0.0952. The van der Waals surface area contributed by atoms with Gasteiger partial charge in [-0.3, -0.25) is 4.57 Å². The minimum atomic E-state index is -3.54. The second-order valence-electron chi connectivity index (χ2n) is 6.98. The van der Waals surface area contributed by atoms with E-state index in [0.717, 1.165) is 6.07 Å². The molecule has 0 fully saturated rings. The van der Waals surface area contributed by atoms with Gasteiger partial charge in [-0.1, -0.05) is 36.4 Å². The highest BCUT2D eigenvalue weighted by Crippen LogP contribution is 2.34. The molecule has 8 nitrogen and oxygen atoms in total. The van der Waals surface area contributed by atoms with Crippen molar-refractivity contribution >= 4 is 37.0 Å². The van der Waals surface area contributed by atoms with Crippen molar-refractivity contribution < 1.29 is 18.6 Å². The summed E-state index contributed by atoms with van der Waals surface area (Å²) >= 11 is 3.18. The SMILES string of the molecule is O=c1[nH]c2cc(CNS(=O)(=O)Cc3ccccc3)ccc2n1-c1cc(Br)c(O)cc1O. The number of halogens is 1. The summed E-state index contributed by atoms with van der Waals surface area (Å²) in [6, 6.07) is 16.5. The van der Waals surface area contributed by atoms with E-state index in [-0.39, 0.29) is 29.5 Å².